The van der Waals surface area contributed by atoms with Crippen molar-refractivity contribution >= 4 is 0 Å². The zero-order valence-electron chi connectivity index (χ0n) is 12.5. The molecule has 2 aromatic carbocycles. The lowest BCUT2D eigenvalue weighted by Crippen LogP contribution is -2.23. The minimum Gasteiger partial charge on any atom is -0.508 e. The number of ether oxygens (including phenoxy) is 1. The van der Waals surface area contributed by atoms with E-state index in [-0.39, 0.29) is 6.04 Å². The van der Waals surface area contributed by atoms with Gasteiger partial charge in [-0.1, -0.05) is 42.5 Å². The van der Waals surface area contributed by atoms with E-state index < -0.39 is 0 Å². The molecule has 0 aliphatic carbocycles. The maximum Gasteiger partial charge on any atom is 0.115 e. The van der Waals surface area contributed by atoms with Crippen molar-refractivity contribution in [3.63, 3.8) is 0 Å². The molecule has 0 bridgehead atoms. The number of hydrogen-bond donors (Lipinski definition) is 2. The van der Waals surface area contributed by atoms with Gasteiger partial charge >= 0.3 is 0 Å². The first kappa shape index (κ1) is 15.5. The van der Waals surface area contributed by atoms with Gasteiger partial charge in [-0.25, -0.2) is 0 Å². The van der Waals surface area contributed by atoms with Crippen LogP contribution in [-0.2, 0) is 4.74 Å². The lowest BCUT2D eigenvalue weighted by atomic mass is 9.98. The van der Waals surface area contributed by atoms with E-state index in [1.807, 2.05) is 18.2 Å². The summed E-state index contributed by atoms with van der Waals surface area (Å²) >= 11 is 0. The Balaban J connectivity index is 2.06. The molecule has 0 aliphatic rings. The van der Waals surface area contributed by atoms with Crippen LogP contribution in [-0.4, -0.2) is 25.4 Å². The minimum absolute atomic E-state index is 0.148. The second-order valence-corrected chi connectivity index (χ2v) is 5.09. The summed E-state index contributed by atoms with van der Waals surface area (Å²) in [5, 5.41) is 13.0. The number of rotatable bonds is 8. The first-order valence-corrected chi connectivity index (χ1v) is 7.37. The summed E-state index contributed by atoms with van der Waals surface area (Å²) in [4.78, 5) is 0. The van der Waals surface area contributed by atoms with Crippen molar-refractivity contribution in [1.82, 2.24) is 5.32 Å². The normalized spacial score (nSPS) is 12.2. The molecule has 0 saturated heterocycles. The van der Waals surface area contributed by atoms with Gasteiger partial charge in [0.15, 0.2) is 0 Å². The van der Waals surface area contributed by atoms with Gasteiger partial charge in [-0.3, -0.25) is 0 Å². The van der Waals surface area contributed by atoms with E-state index in [1.54, 1.807) is 19.2 Å². The van der Waals surface area contributed by atoms with E-state index in [2.05, 4.69) is 29.6 Å². The molecule has 0 fully saturated rings. The van der Waals surface area contributed by atoms with Crippen LogP contribution in [0.15, 0.2) is 54.6 Å². The molecule has 1 atom stereocenters. The van der Waals surface area contributed by atoms with Crippen LogP contribution in [0.25, 0.3) is 0 Å². The number of phenols is 1. The third-order valence-corrected chi connectivity index (χ3v) is 3.48. The molecule has 112 valence electrons. The molecule has 0 aliphatic heterocycles. The second-order valence-electron chi connectivity index (χ2n) is 5.09. The lowest BCUT2D eigenvalue weighted by molar-refractivity contribution is 0.192. The Labute approximate surface area is 126 Å². The van der Waals surface area contributed by atoms with Crippen molar-refractivity contribution in [1.29, 1.82) is 0 Å². The van der Waals surface area contributed by atoms with Crippen LogP contribution < -0.4 is 5.32 Å². The monoisotopic (exact) mass is 285 g/mol. The number of methoxy groups -OCH3 is 1. The molecular formula is C18H23NO2. The second kappa shape index (κ2) is 8.45. The Hall–Kier alpha value is -1.84. The quantitative estimate of drug-likeness (QED) is 0.729. The topological polar surface area (TPSA) is 41.5 Å². The average Bonchev–Trinajstić information content (AvgIpc) is 2.53. The highest BCUT2D eigenvalue weighted by atomic mass is 16.5. The molecule has 2 aromatic rings. The maximum atomic E-state index is 9.45. The molecule has 21 heavy (non-hydrogen) atoms. The molecule has 3 heteroatoms. The zero-order chi connectivity index (χ0) is 14.9. The summed E-state index contributed by atoms with van der Waals surface area (Å²) in [6.45, 7) is 1.74. The van der Waals surface area contributed by atoms with Gasteiger partial charge in [0.2, 0.25) is 0 Å². The molecule has 0 amide bonds. The summed E-state index contributed by atoms with van der Waals surface area (Å²) < 4.78 is 5.08. The number of unbranched alkanes of at least 4 members (excludes halogenated alkanes) is 1. The summed E-state index contributed by atoms with van der Waals surface area (Å²) in [5.74, 6) is 0.297. The fourth-order valence-electron chi connectivity index (χ4n) is 2.36. The number of benzene rings is 2. The molecule has 0 aromatic heterocycles. The Kier molecular flexibility index (Phi) is 6.25. The van der Waals surface area contributed by atoms with Gasteiger partial charge in [0.05, 0.1) is 6.04 Å². The van der Waals surface area contributed by atoms with Gasteiger partial charge in [-0.15, -0.1) is 0 Å². The molecule has 2 N–H and O–H groups in total. The van der Waals surface area contributed by atoms with Crippen LogP contribution in [0.1, 0.15) is 30.0 Å². The summed E-state index contributed by atoms with van der Waals surface area (Å²) in [5.41, 5.74) is 2.39. The van der Waals surface area contributed by atoms with Crippen molar-refractivity contribution in [2.75, 3.05) is 20.3 Å². The lowest BCUT2D eigenvalue weighted by Gasteiger charge is -2.20. The predicted octanol–water partition coefficient (Wildman–Crippen LogP) is 3.50. The van der Waals surface area contributed by atoms with Crippen molar-refractivity contribution in [2.45, 2.75) is 18.9 Å². The SMILES string of the molecule is COCCCCNC(c1ccccc1)c1ccc(O)cc1. The predicted molar refractivity (Wildman–Crippen MR) is 85.5 cm³/mol. The van der Waals surface area contributed by atoms with E-state index in [0.29, 0.717) is 5.75 Å². The van der Waals surface area contributed by atoms with Crippen LogP contribution in [0, 0.1) is 0 Å². The van der Waals surface area contributed by atoms with Crippen LogP contribution >= 0.6 is 0 Å². The molecule has 0 spiro atoms. The molecule has 2 rings (SSSR count). The third kappa shape index (κ3) is 4.88. The van der Waals surface area contributed by atoms with Crippen LogP contribution in [0.4, 0.5) is 0 Å². The van der Waals surface area contributed by atoms with Gasteiger partial charge in [0.25, 0.3) is 0 Å². The fourth-order valence-corrected chi connectivity index (χ4v) is 2.36. The Morgan fingerprint density at radius 2 is 1.62 bits per heavy atom. The van der Waals surface area contributed by atoms with E-state index in [9.17, 15) is 5.11 Å². The molecule has 0 heterocycles. The van der Waals surface area contributed by atoms with E-state index in [1.165, 1.54) is 5.56 Å². The van der Waals surface area contributed by atoms with E-state index in [4.69, 9.17) is 4.74 Å². The number of hydrogen-bond acceptors (Lipinski definition) is 3. The van der Waals surface area contributed by atoms with E-state index >= 15 is 0 Å². The Bertz CT molecular complexity index is 511. The van der Waals surface area contributed by atoms with Crippen molar-refractivity contribution in [3.8, 4) is 5.75 Å². The summed E-state index contributed by atoms with van der Waals surface area (Å²) in [7, 11) is 1.73. The van der Waals surface area contributed by atoms with Gasteiger partial charge in [-0.2, -0.15) is 0 Å². The molecule has 0 saturated carbocycles. The molecule has 0 radical (unpaired) electrons. The van der Waals surface area contributed by atoms with Gasteiger partial charge in [0.1, 0.15) is 5.75 Å². The largest absolute Gasteiger partial charge is 0.508 e. The van der Waals surface area contributed by atoms with Crippen molar-refractivity contribution < 1.29 is 9.84 Å². The molecular weight excluding hydrogens is 262 g/mol. The fraction of sp³-hybridized carbons (Fsp3) is 0.333. The van der Waals surface area contributed by atoms with Crippen LogP contribution in [0.5, 0.6) is 5.75 Å². The number of phenolic OH excluding ortho intramolecular Hbond substituents is 1. The smallest absolute Gasteiger partial charge is 0.115 e. The highest BCUT2D eigenvalue weighted by molar-refractivity contribution is 5.34. The zero-order valence-corrected chi connectivity index (χ0v) is 12.5. The van der Waals surface area contributed by atoms with Crippen molar-refractivity contribution in [3.05, 3.63) is 65.7 Å². The average molecular weight is 285 g/mol. The maximum absolute atomic E-state index is 9.45. The van der Waals surface area contributed by atoms with E-state index in [0.717, 1.165) is 31.6 Å². The van der Waals surface area contributed by atoms with Gasteiger partial charge < -0.3 is 15.2 Å². The highest BCUT2D eigenvalue weighted by Crippen LogP contribution is 2.23. The molecule has 1 unspecified atom stereocenters. The van der Waals surface area contributed by atoms with Gasteiger partial charge in [-0.05, 0) is 42.6 Å². The van der Waals surface area contributed by atoms with Gasteiger partial charge in [0, 0.05) is 13.7 Å². The highest BCUT2D eigenvalue weighted by Gasteiger charge is 2.12. The molecule has 3 nitrogen and oxygen atoms in total. The first-order chi connectivity index (χ1) is 10.3. The summed E-state index contributed by atoms with van der Waals surface area (Å²) in [6, 6.07) is 17.9. The third-order valence-electron chi connectivity index (χ3n) is 3.48. The van der Waals surface area contributed by atoms with Crippen LogP contribution in [0.2, 0.25) is 0 Å². The van der Waals surface area contributed by atoms with Crippen molar-refractivity contribution in [2.24, 2.45) is 0 Å². The summed E-state index contributed by atoms with van der Waals surface area (Å²) in [6.07, 6.45) is 2.13. The Morgan fingerprint density at radius 3 is 2.29 bits per heavy atom. The number of nitrogens with one attached hydrogen (secondary N) is 1. The first-order valence-electron chi connectivity index (χ1n) is 7.37. The standard InChI is InChI=1S/C18H23NO2/c1-21-14-6-5-13-19-18(15-7-3-2-4-8-15)16-9-11-17(20)12-10-16/h2-4,7-12,18-20H,5-6,13-14H2,1H3. The Morgan fingerprint density at radius 1 is 0.952 bits per heavy atom. The number of aromatic hydroxyl groups is 1. The minimum atomic E-state index is 0.148. The van der Waals surface area contributed by atoms with Crippen LogP contribution in [0.3, 0.4) is 0 Å².